The molecule has 0 fully saturated rings. The Balaban J connectivity index is 1.86. The highest BCUT2D eigenvalue weighted by atomic mass is 16.6. The van der Waals surface area contributed by atoms with Crippen LogP contribution in [0.4, 0.5) is 5.69 Å². The molecule has 0 saturated carbocycles. The van der Waals surface area contributed by atoms with Crippen molar-refractivity contribution in [1.29, 1.82) is 0 Å². The van der Waals surface area contributed by atoms with Crippen LogP contribution in [-0.2, 0) is 11.3 Å². The van der Waals surface area contributed by atoms with Crippen molar-refractivity contribution in [1.82, 2.24) is 4.57 Å². The molecule has 6 nitrogen and oxygen atoms in total. The summed E-state index contributed by atoms with van der Waals surface area (Å²) >= 11 is 0. The van der Waals surface area contributed by atoms with Crippen molar-refractivity contribution in [3.8, 4) is 0 Å². The fraction of sp³-hybridized carbons (Fsp3) is 0.0556. The molecule has 1 heterocycles. The molecule has 0 aliphatic carbocycles. The SMILES string of the molecule is O=C(Cn1cc(C=C[N+](=O)[O-])c2ccccc21)Nc1ccccc1. The zero-order valence-corrected chi connectivity index (χ0v) is 12.8. The summed E-state index contributed by atoms with van der Waals surface area (Å²) in [6.45, 7) is 0.127. The average molecular weight is 321 g/mol. The van der Waals surface area contributed by atoms with Crippen molar-refractivity contribution in [3.63, 3.8) is 0 Å². The molecule has 0 aliphatic heterocycles. The van der Waals surface area contributed by atoms with E-state index in [4.69, 9.17) is 0 Å². The van der Waals surface area contributed by atoms with Gasteiger partial charge in [0.1, 0.15) is 6.54 Å². The van der Waals surface area contributed by atoms with E-state index in [1.54, 1.807) is 10.8 Å². The first-order valence-electron chi connectivity index (χ1n) is 7.38. The minimum atomic E-state index is -0.506. The molecule has 120 valence electrons. The third kappa shape index (κ3) is 3.49. The van der Waals surface area contributed by atoms with Crippen molar-refractivity contribution in [2.75, 3.05) is 5.32 Å². The molecule has 0 radical (unpaired) electrons. The third-order valence-corrected chi connectivity index (χ3v) is 3.57. The van der Waals surface area contributed by atoms with Crippen LogP contribution in [0.5, 0.6) is 0 Å². The first-order valence-corrected chi connectivity index (χ1v) is 7.38. The van der Waals surface area contributed by atoms with Crippen molar-refractivity contribution >= 4 is 28.6 Å². The molecule has 6 heteroatoms. The van der Waals surface area contributed by atoms with E-state index in [-0.39, 0.29) is 12.5 Å². The molecule has 24 heavy (non-hydrogen) atoms. The van der Waals surface area contributed by atoms with Crippen LogP contribution >= 0.6 is 0 Å². The van der Waals surface area contributed by atoms with Gasteiger partial charge in [0.05, 0.1) is 4.92 Å². The maximum Gasteiger partial charge on any atom is 0.244 e. The number of nitrogens with one attached hydrogen (secondary N) is 1. The summed E-state index contributed by atoms with van der Waals surface area (Å²) in [6.07, 6.45) is 4.08. The van der Waals surface area contributed by atoms with E-state index in [9.17, 15) is 14.9 Å². The maximum absolute atomic E-state index is 12.2. The topological polar surface area (TPSA) is 77.2 Å². The number of benzene rings is 2. The van der Waals surface area contributed by atoms with E-state index >= 15 is 0 Å². The van der Waals surface area contributed by atoms with Crippen molar-refractivity contribution in [3.05, 3.63) is 82.7 Å². The van der Waals surface area contributed by atoms with Gasteiger partial charge in [0, 0.05) is 34.4 Å². The molecule has 3 aromatic rings. The highest BCUT2D eigenvalue weighted by Crippen LogP contribution is 2.22. The molecular weight excluding hydrogens is 306 g/mol. The van der Waals surface area contributed by atoms with Crippen LogP contribution in [0, 0.1) is 10.1 Å². The summed E-state index contributed by atoms with van der Waals surface area (Å²) in [5, 5.41) is 14.2. The van der Waals surface area contributed by atoms with E-state index in [0.29, 0.717) is 5.56 Å². The summed E-state index contributed by atoms with van der Waals surface area (Å²) in [5.41, 5.74) is 2.28. The lowest BCUT2D eigenvalue weighted by atomic mass is 10.2. The summed E-state index contributed by atoms with van der Waals surface area (Å²) in [6, 6.07) is 16.7. The Morgan fingerprint density at radius 1 is 1.12 bits per heavy atom. The Bertz CT molecular complexity index is 914. The molecule has 1 N–H and O–H groups in total. The number of para-hydroxylation sites is 2. The fourth-order valence-corrected chi connectivity index (χ4v) is 2.56. The number of nitro groups is 1. The van der Waals surface area contributed by atoms with E-state index in [1.165, 1.54) is 6.08 Å². The van der Waals surface area contributed by atoms with Crippen molar-refractivity contribution < 1.29 is 9.72 Å². The number of carbonyl (C=O) groups is 1. The largest absolute Gasteiger partial charge is 0.337 e. The van der Waals surface area contributed by atoms with Gasteiger partial charge in [-0.3, -0.25) is 14.9 Å². The summed E-state index contributed by atoms with van der Waals surface area (Å²) in [7, 11) is 0. The van der Waals surface area contributed by atoms with Gasteiger partial charge in [-0.15, -0.1) is 0 Å². The Hall–Kier alpha value is -3.41. The summed E-state index contributed by atoms with van der Waals surface area (Å²) in [5.74, 6) is -0.160. The first-order chi connectivity index (χ1) is 11.6. The molecule has 0 spiro atoms. The van der Waals surface area contributed by atoms with Crippen LogP contribution in [0.3, 0.4) is 0 Å². The van der Waals surface area contributed by atoms with Crippen molar-refractivity contribution in [2.45, 2.75) is 6.54 Å². The Labute approximate surface area is 138 Å². The predicted molar refractivity (Wildman–Crippen MR) is 93.0 cm³/mol. The second-order valence-corrected chi connectivity index (χ2v) is 5.24. The minimum Gasteiger partial charge on any atom is -0.337 e. The lowest BCUT2D eigenvalue weighted by Gasteiger charge is -2.07. The second kappa shape index (κ2) is 6.78. The number of hydrogen-bond acceptors (Lipinski definition) is 3. The van der Waals surface area contributed by atoms with Gasteiger partial charge >= 0.3 is 0 Å². The van der Waals surface area contributed by atoms with Gasteiger partial charge < -0.3 is 9.88 Å². The minimum absolute atomic E-state index is 0.127. The third-order valence-electron chi connectivity index (χ3n) is 3.57. The lowest BCUT2D eigenvalue weighted by Crippen LogP contribution is -2.18. The Kier molecular flexibility index (Phi) is 4.38. The standard InChI is InChI=1S/C18H15N3O3/c22-18(19-15-6-2-1-3-7-15)13-20-12-14(10-11-21(23)24)16-8-4-5-9-17(16)20/h1-12H,13H2,(H,19,22). The monoisotopic (exact) mass is 321 g/mol. The predicted octanol–water partition coefficient (Wildman–Crippen LogP) is 3.53. The number of carbonyl (C=O) groups excluding carboxylic acids is 1. The number of nitrogens with zero attached hydrogens (tertiary/aromatic N) is 2. The molecule has 0 bridgehead atoms. The van der Waals surface area contributed by atoms with Crippen LogP contribution in [0.25, 0.3) is 17.0 Å². The molecule has 0 saturated heterocycles. The molecule has 1 amide bonds. The van der Waals surface area contributed by atoms with Gasteiger partial charge in [-0.25, -0.2) is 0 Å². The molecular formula is C18H15N3O3. The summed E-state index contributed by atoms with van der Waals surface area (Å²) < 4.78 is 1.78. The molecule has 2 aromatic carbocycles. The molecule has 1 aromatic heterocycles. The lowest BCUT2D eigenvalue weighted by molar-refractivity contribution is -0.400. The van der Waals surface area contributed by atoms with Crippen molar-refractivity contribution in [2.24, 2.45) is 0 Å². The number of rotatable bonds is 5. The van der Waals surface area contributed by atoms with E-state index in [2.05, 4.69) is 5.32 Å². The molecule has 0 atom stereocenters. The molecule has 0 aliphatic rings. The number of fused-ring (bicyclic) bond motifs is 1. The van der Waals surface area contributed by atoms with E-state index in [0.717, 1.165) is 22.8 Å². The number of aromatic nitrogens is 1. The van der Waals surface area contributed by atoms with Gasteiger partial charge in [-0.1, -0.05) is 36.4 Å². The van der Waals surface area contributed by atoms with Crippen LogP contribution in [-0.4, -0.2) is 15.4 Å². The van der Waals surface area contributed by atoms with Crippen LogP contribution < -0.4 is 5.32 Å². The smallest absolute Gasteiger partial charge is 0.244 e. The van der Waals surface area contributed by atoms with Crippen LogP contribution in [0.1, 0.15) is 5.56 Å². The highest BCUT2D eigenvalue weighted by molar-refractivity contribution is 5.94. The van der Waals surface area contributed by atoms with Gasteiger partial charge in [0.2, 0.25) is 12.1 Å². The van der Waals surface area contributed by atoms with Gasteiger partial charge in [-0.05, 0) is 18.2 Å². The van der Waals surface area contributed by atoms with E-state index in [1.807, 2.05) is 54.6 Å². The van der Waals surface area contributed by atoms with Gasteiger partial charge in [-0.2, -0.15) is 0 Å². The zero-order valence-electron chi connectivity index (χ0n) is 12.8. The average Bonchev–Trinajstić information content (AvgIpc) is 2.92. The Morgan fingerprint density at radius 2 is 1.83 bits per heavy atom. The maximum atomic E-state index is 12.2. The quantitative estimate of drug-likeness (QED) is 0.577. The Morgan fingerprint density at radius 3 is 2.58 bits per heavy atom. The highest BCUT2D eigenvalue weighted by Gasteiger charge is 2.10. The van der Waals surface area contributed by atoms with Gasteiger partial charge in [0.15, 0.2) is 0 Å². The zero-order chi connectivity index (χ0) is 16.9. The normalized spacial score (nSPS) is 11.0. The van der Waals surface area contributed by atoms with Gasteiger partial charge in [0.25, 0.3) is 0 Å². The summed E-state index contributed by atoms with van der Waals surface area (Å²) in [4.78, 5) is 22.3. The van der Waals surface area contributed by atoms with E-state index < -0.39 is 4.92 Å². The molecule has 3 rings (SSSR count). The second-order valence-electron chi connectivity index (χ2n) is 5.24. The fourth-order valence-electron chi connectivity index (χ4n) is 2.56. The first kappa shape index (κ1) is 15.5. The number of hydrogen-bond donors (Lipinski definition) is 1. The van der Waals surface area contributed by atoms with Crippen LogP contribution in [0.15, 0.2) is 67.0 Å². The molecule has 0 unspecified atom stereocenters. The number of anilines is 1. The number of amides is 1. The van der Waals surface area contributed by atoms with Crippen LogP contribution in [0.2, 0.25) is 0 Å².